The molecule has 0 bridgehead atoms. The summed E-state index contributed by atoms with van der Waals surface area (Å²) >= 11 is 20.6. The Morgan fingerprint density at radius 1 is 1.00 bits per heavy atom. The van der Waals surface area contributed by atoms with Crippen LogP contribution in [0.1, 0.15) is 43.5 Å². The topological polar surface area (TPSA) is 79.1 Å². The minimum Gasteiger partial charge on any atom is -0.490 e. The van der Waals surface area contributed by atoms with Crippen LogP contribution in [0.25, 0.3) is 6.08 Å². The van der Waals surface area contributed by atoms with Gasteiger partial charge in [0.15, 0.2) is 16.3 Å². The Morgan fingerprint density at radius 2 is 1.79 bits per heavy atom. The second-order valence-corrected chi connectivity index (χ2v) is 11.8. The molecule has 0 saturated heterocycles. The number of nitrogens with zero attached hydrogens (tertiary/aromatic N) is 2. The van der Waals surface area contributed by atoms with Crippen molar-refractivity contribution in [1.82, 2.24) is 4.57 Å². The predicted octanol–water partition coefficient (Wildman–Crippen LogP) is 6.74. The number of rotatable bonds is 9. The van der Waals surface area contributed by atoms with Crippen molar-refractivity contribution in [2.75, 3.05) is 13.2 Å². The van der Waals surface area contributed by atoms with Crippen LogP contribution < -0.4 is 24.4 Å². The van der Waals surface area contributed by atoms with Crippen molar-refractivity contribution in [3.05, 3.63) is 123 Å². The summed E-state index contributed by atoms with van der Waals surface area (Å²) in [6.07, 6.45) is 1.71. The number of carbonyl (C=O) groups is 1. The Labute approximate surface area is 267 Å². The van der Waals surface area contributed by atoms with E-state index in [1.165, 1.54) is 15.9 Å². The highest BCUT2D eigenvalue weighted by Gasteiger charge is 2.34. The summed E-state index contributed by atoms with van der Waals surface area (Å²) in [7, 11) is 0. The molecule has 1 aromatic heterocycles. The lowest BCUT2D eigenvalue weighted by atomic mass is 9.96. The van der Waals surface area contributed by atoms with Gasteiger partial charge in [0, 0.05) is 10.0 Å². The number of allylic oxidation sites excluding steroid dienone is 1. The number of halogens is 3. The van der Waals surface area contributed by atoms with Crippen LogP contribution in [-0.2, 0) is 16.1 Å². The van der Waals surface area contributed by atoms with Gasteiger partial charge in [-0.05, 0) is 73.9 Å². The van der Waals surface area contributed by atoms with E-state index in [0.717, 1.165) is 5.56 Å². The Hall–Kier alpha value is -3.56. The number of fused-ring (bicyclic) bond motifs is 1. The molecule has 0 radical (unpaired) electrons. The summed E-state index contributed by atoms with van der Waals surface area (Å²) < 4.78 is 19.1. The molecule has 11 heteroatoms. The van der Waals surface area contributed by atoms with Gasteiger partial charge in [-0.15, -0.1) is 0 Å². The van der Waals surface area contributed by atoms with Gasteiger partial charge in [-0.25, -0.2) is 9.79 Å². The number of thiazole rings is 1. The zero-order chi connectivity index (χ0) is 30.7. The first-order chi connectivity index (χ1) is 20.7. The Balaban J connectivity index is 1.59. The van der Waals surface area contributed by atoms with Crippen LogP contribution in [0, 0.1) is 0 Å². The number of hydrogen-bond acceptors (Lipinski definition) is 7. The second-order valence-electron chi connectivity index (χ2n) is 9.51. The number of aromatic nitrogens is 1. The standard InChI is InChI=1S/C32H27Cl3N2O5S/c1-4-40-25-15-20(14-24(35)29(25)42-17-19-9-8-10-21(33)13-19)16-26-30(38)37-28(22-11-6-7-12-23(22)34)27(31(39)41-5-2)18(3)36-32(37)43-26/h6-16,28H,4-5,17H2,1-3H3/b26-16-/t28-/m0/s1. The molecule has 2 heterocycles. The molecule has 5 rings (SSSR count). The summed E-state index contributed by atoms with van der Waals surface area (Å²) in [6, 6.07) is 17.1. The quantitative estimate of drug-likeness (QED) is 0.187. The van der Waals surface area contributed by atoms with Gasteiger partial charge in [0.25, 0.3) is 5.56 Å². The average molecular weight is 658 g/mol. The molecule has 1 atom stereocenters. The molecular formula is C32H27Cl3N2O5S. The third kappa shape index (κ3) is 6.53. The van der Waals surface area contributed by atoms with E-state index in [4.69, 9.17) is 49.0 Å². The van der Waals surface area contributed by atoms with Crippen LogP contribution in [0.5, 0.6) is 11.5 Å². The normalized spacial score (nSPS) is 14.7. The van der Waals surface area contributed by atoms with Gasteiger partial charge in [0.1, 0.15) is 12.6 Å². The molecule has 43 heavy (non-hydrogen) atoms. The van der Waals surface area contributed by atoms with Gasteiger partial charge in [-0.2, -0.15) is 0 Å². The van der Waals surface area contributed by atoms with E-state index in [1.54, 1.807) is 56.3 Å². The smallest absolute Gasteiger partial charge is 0.338 e. The molecular weight excluding hydrogens is 631 g/mol. The molecule has 0 amide bonds. The highest BCUT2D eigenvalue weighted by atomic mass is 35.5. The first-order valence-corrected chi connectivity index (χ1v) is 15.4. The van der Waals surface area contributed by atoms with E-state index in [2.05, 4.69) is 4.99 Å². The molecule has 0 aliphatic carbocycles. The molecule has 222 valence electrons. The number of esters is 1. The van der Waals surface area contributed by atoms with Crippen molar-refractivity contribution in [3.8, 4) is 11.5 Å². The maximum absolute atomic E-state index is 14.0. The van der Waals surface area contributed by atoms with Gasteiger partial charge in [0.2, 0.25) is 0 Å². The van der Waals surface area contributed by atoms with Gasteiger partial charge >= 0.3 is 5.97 Å². The number of hydrogen-bond donors (Lipinski definition) is 0. The Kier molecular flexibility index (Phi) is 9.62. The van der Waals surface area contributed by atoms with Crippen molar-refractivity contribution < 1.29 is 19.0 Å². The van der Waals surface area contributed by atoms with Crippen LogP contribution in [0.4, 0.5) is 0 Å². The number of benzene rings is 3. The van der Waals surface area contributed by atoms with Crippen LogP contribution in [0.3, 0.4) is 0 Å². The van der Waals surface area contributed by atoms with Gasteiger partial charge in [-0.3, -0.25) is 9.36 Å². The van der Waals surface area contributed by atoms with E-state index in [1.807, 2.05) is 31.2 Å². The summed E-state index contributed by atoms with van der Waals surface area (Å²) in [5.41, 5.74) is 2.48. The zero-order valence-corrected chi connectivity index (χ0v) is 26.6. The van der Waals surface area contributed by atoms with E-state index < -0.39 is 12.0 Å². The Bertz CT molecular complexity index is 1910. The molecule has 0 saturated carbocycles. The Morgan fingerprint density at radius 3 is 2.51 bits per heavy atom. The van der Waals surface area contributed by atoms with Crippen molar-refractivity contribution in [2.24, 2.45) is 4.99 Å². The van der Waals surface area contributed by atoms with Crippen LogP contribution >= 0.6 is 46.1 Å². The largest absolute Gasteiger partial charge is 0.490 e. The molecule has 1 aliphatic heterocycles. The fourth-order valence-electron chi connectivity index (χ4n) is 4.79. The van der Waals surface area contributed by atoms with Gasteiger partial charge in [0.05, 0.1) is 34.0 Å². The number of carbonyl (C=O) groups excluding carboxylic acids is 1. The lowest BCUT2D eigenvalue weighted by Gasteiger charge is -2.25. The van der Waals surface area contributed by atoms with E-state index in [9.17, 15) is 9.59 Å². The molecule has 0 unspecified atom stereocenters. The summed E-state index contributed by atoms with van der Waals surface area (Å²) in [4.78, 5) is 32.1. The van der Waals surface area contributed by atoms with Crippen molar-refractivity contribution in [3.63, 3.8) is 0 Å². The van der Waals surface area contributed by atoms with Crippen molar-refractivity contribution in [1.29, 1.82) is 0 Å². The van der Waals surface area contributed by atoms with Crippen molar-refractivity contribution in [2.45, 2.75) is 33.4 Å². The minimum atomic E-state index is -0.809. The molecule has 0 fully saturated rings. The average Bonchev–Trinajstić information content (AvgIpc) is 3.26. The monoisotopic (exact) mass is 656 g/mol. The molecule has 7 nitrogen and oxygen atoms in total. The molecule has 1 aliphatic rings. The molecule has 4 aromatic rings. The van der Waals surface area contributed by atoms with Crippen LogP contribution in [-0.4, -0.2) is 23.8 Å². The highest BCUT2D eigenvalue weighted by Crippen LogP contribution is 2.38. The highest BCUT2D eigenvalue weighted by molar-refractivity contribution is 7.07. The SMILES string of the molecule is CCOC(=O)C1=C(C)N=c2s/c(=C\c3cc(Cl)c(OCc4cccc(Cl)c4)c(OCC)c3)c(=O)n2[C@H]1c1ccccc1Cl. The van der Waals surface area contributed by atoms with Crippen molar-refractivity contribution >= 4 is 58.2 Å². The van der Waals surface area contributed by atoms with Crippen LogP contribution in [0.2, 0.25) is 15.1 Å². The lowest BCUT2D eigenvalue weighted by Crippen LogP contribution is -2.40. The van der Waals surface area contributed by atoms with E-state index >= 15 is 0 Å². The first kappa shape index (κ1) is 30.9. The summed E-state index contributed by atoms with van der Waals surface area (Å²) in [6.45, 7) is 6.10. The molecule has 0 N–H and O–H groups in total. The zero-order valence-electron chi connectivity index (χ0n) is 23.5. The summed E-state index contributed by atoms with van der Waals surface area (Å²) in [5, 5.41) is 1.34. The molecule has 3 aromatic carbocycles. The fraction of sp³-hybridized carbons (Fsp3) is 0.219. The maximum Gasteiger partial charge on any atom is 0.338 e. The second kappa shape index (κ2) is 13.4. The summed E-state index contributed by atoms with van der Waals surface area (Å²) in [5.74, 6) is 0.269. The van der Waals surface area contributed by atoms with E-state index in [0.29, 0.717) is 59.3 Å². The predicted molar refractivity (Wildman–Crippen MR) is 170 cm³/mol. The van der Waals surface area contributed by atoms with Gasteiger partial charge < -0.3 is 14.2 Å². The maximum atomic E-state index is 14.0. The first-order valence-electron chi connectivity index (χ1n) is 13.5. The number of ether oxygens (including phenoxy) is 3. The third-order valence-electron chi connectivity index (χ3n) is 6.62. The fourth-order valence-corrected chi connectivity index (χ4v) is 6.56. The minimum absolute atomic E-state index is 0.178. The van der Waals surface area contributed by atoms with E-state index in [-0.39, 0.29) is 24.3 Å². The molecule has 0 spiro atoms. The van der Waals surface area contributed by atoms with Gasteiger partial charge in [-0.1, -0.05) is 76.5 Å². The lowest BCUT2D eigenvalue weighted by molar-refractivity contribution is -0.139. The third-order valence-corrected chi connectivity index (χ3v) is 8.46. The van der Waals surface area contributed by atoms with Crippen LogP contribution in [0.15, 0.2) is 81.7 Å².